The van der Waals surface area contributed by atoms with E-state index in [1.807, 2.05) is 12.1 Å². The smallest absolute Gasteiger partial charge is 0.145 e. The highest BCUT2D eigenvalue weighted by Crippen LogP contribution is 2.16. The molecule has 1 aromatic heterocycles. The molecular weight excluding hydrogens is 262 g/mol. The maximum Gasteiger partial charge on any atom is 0.145 e. The van der Waals surface area contributed by atoms with E-state index in [0.717, 1.165) is 31.9 Å². The van der Waals surface area contributed by atoms with Crippen LogP contribution in [0.3, 0.4) is 0 Å². The van der Waals surface area contributed by atoms with E-state index in [1.165, 1.54) is 11.9 Å². The van der Waals surface area contributed by atoms with Gasteiger partial charge in [0.15, 0.2) is 0 Å². The zero-order chi connectivity index (χ0) is 14.5. The molecule has 0 amide bonds. The standard InChI is InChI=1S/C16H17N5/c17-9-15-8-16(19-12-18-15)20-14-6-7-21(11-14)10-13-4-2-1-3-5-13/h1-5,8,12,14H,6-7,10-11H2,(H,18,19,20). The van der Waals surface area contributed by atoms with Gasteiger partial charge in [0.25, 0.3) is 0 Å². The van der Waals surface area contributed by atoms with E-state index in [9.17, 15) is 0 Å². The first-order chi connectivity index (χ1) is 10.3. The first-order valence-corrected chi connectivity index (χ1v) is 7.08. The molecule has 1 unspecified atom stereocenters. The number of nitrogens with one attached hydrogen (secondary N) is 1. The summed E-state index contributed by atoms with van der Waals surface area (Å²) in [7, 11) is 0. The van der Waals surface area contributed by atoms with Gasteiger partial charge in [-0.05, 0) is 12.0 Å². The molecule has 5 heteroatoms. The maximum absolute atomic E-state index is 8.85. The van der Waals surface area contributed by atoms with Gasteiger partial charge in [-0.25, -0.2) is 9.97 Å². The predicted molar refractivity (Wildman–Crippen MR) is 80.5 cm³/mol. The van der Waals surface area contributed by atoms with Crippen molar-refractivity contribution in [2.45, 2.75) is 19.0 Å². The van der Waals surface area contributed by atoms with Gasteiger partial charge in [0.1, 0.15) is 23.9 Å². The summed E-state index contributed by atoms with van der Waals surface area (Å²) in [5.41, 5.74) is 1.73. The van der Waals surface area contributed by atoms with E-state index in [0.29, 0.717) is 11.7 Å². The molecule has 21 heavy (non-hydrogen) atoms. The highest BCUT2D eigenvalue weighted by Gasteiger charge is 2.22. The fourth-order valence-corrected chi connectivity index (χ4v) is 2.64. The largest absolute Gasteiger partial charge is 0.366 e. The Morgan fingerprint density at radius 2 is 2.14 bits per heavy atom. The van der Waals surface area contributed by atoms with Gasteiger partial charge in [-0.3, -0.25) is 4.90 Å². The van der Waals surface area contributed by atoms with Gasteiger partial charge in [0.05, 0.1) is 0 Å². The highest BCUT2D eigenvalue weighted by atomic mass is 15.2. The Balaban J connectivity index is 1.56. The minimum absolute atomic E-state index is 0.371. The van der Waals surface area contributed by atoms with Crippen molar-refractivity contribution in [2.75, 3.05) is 18.4 Å². The van der Waals surface area contributed by atoms with Crippen LogP contribution in [0.1, 0.15) is 17.7 Å². The third-order valence-corrected chi connectivity index (χ3v) is 3.66. The number of rotatable bonds is 4. The van der Waals surface area contributed by atoms with Crippen LogP contribution in [0.5, 0.6) is 0 Å². The van der Waals surface area contributed by atoms with E-state index in [2.05, 4.69) is 44.5 Å². The quantitative estimate of drug-likeness (QED) is 0.927. The van der Waals surface area contributed by atoms with E-state index in [1.54, 1.807) is 6.07 Å². The molecule has 106 valence electrons. The average molecular weight is 279 g/mol. The monoisotopic (exact) mass is 279 g/mol. The van der Waals surface area contributed by atoms with E-state index in [4.69, 9.17) is 5.26 Å². The summed E-state index contributed by atoms with van der Waals surface area (Å²) in [6, 6.07) is 14.6. The lowest BCUT2D eigenvalue weighted by atomic mass is 10.2. The van der Waals surface area contributed by atoms with Gasteiger partial charge < -0.3 is 5.32 Å². The first kappa shape index (κ1) is 13.5. The van der Waals surface area contributed by atoms with E-state index < -0.39 is 0 Å². The summed E-state index contributed by atoms with van der Waals surface area (Å²) in [5.74, 6) is 0.730. The number of anilines is 1. The Morgan fingerprint density at radius 3 is 2.95 bits per heavy atom. The van der Waals surface area contributed by atoms with Gasteiger partial charge in [-0.2, -0.15) is 5.26 Å². The zero-order valence-corrected chi connectivity index (χ0v) is 11.7. The topological polar surface area (TPSA) is 64.8 Å². The molecule has 3 rings (SSSR count). The Hall–Kier alpha value is -2.45. The van der Waals surface area contributed by atoms with Crippen molar-refractivity contribution < 1.29 is 0 Å². The lowest BCUT2D eigenvalue weighted by molar-refractivity contribution is 0.328. The van der Waals surface area contributed by atoms with Gasteiger partial charge >= 0.3 is 0 Å². The molecule has 0 spiro atoms. The molecule has 1 aliphatic rings. The van der Waals surface area contributed by atoms with Crippen LogP contribution in [0.4, 0.5) is 5.82 Å². The summed E-state index contributed by atoms with van der Waals surface area (Å²) in [5, 5.41) is 12.2. The number of hydrogen-bond donors (Lipinski definition) is 1. The van der Waals surface area contributed by atoms with Crippen molar-refractivity contribution >= 4 is 5.82 Å². The minimum Gasteiger partial charge on any atom is -0.366 e. The lowest BCUT2D eigenvalue weighted by Crippen LogP contribution is -2.26. The highest BCUT2D eigenvalue weighted by molar-refractivity contribution is 5.39. The van der Waals surface area contributed by atoms with Crippen molar-refractivity contribution in [3.8, 4) is 6.07 Å². The van der Waals surface area contributed by atoms with Gasteiger partial charge in [-0.15, -0.1) is 0 Å². The molecule has 2 aromatic rings. The molecule has 1 aromatic carbocycles. The second-order valence-electron chi connectivity index (χ2n) is 5.25. The first-order valence-electron chi connectivity index (χ1n) is 7.08. The summed E-state index contributed by atoms with van der Waals surface area (Å²) >= 11 is 0. The van der Waals surface area contributed by atoms with Crippen LogP contribution in [0.25, 0.3) is 0 Å². The van der Waals surface area contributed by atoms with Crippen molar-refractivity contribution in [3.63, 3.8) is 0 Å². The van der Waals surface area contributed by atoms with Crippen LogP contribution in [-0.4, -0.2) is 34.0 Å². The molecule has 2 heterocycles. The number of aromatic nitrogens is 2. The second-order valence-corrected chi connectivity index (χ2v) is 5.25. The predicted octanol–water partition coefficient (Wildman–Crippen LogP) is 2.03. The van der Waals surface area contributed by atoms with Gasteiger partial charge in [-0.1, -0.05) is 30.3 Å². The normalized spacial score (nSPS) is 18.3. The fraction of sp³-hybridized carbons (Fsp3) is 0.312. The minimum atomic E-state index is 0.371. The van der Waals surface area contributed by atoms with Crippen LogP contribution in [0, 0.1) is 11.3 Å². The third-order valence-electron chi connectivity index (χ3n) is 3.66. The molecule has 5 nitrogen and oxygen atoms in total. The molecule has 1 atom stereocenters. The molecule has 0 radical (unpaired) electrons. The van der Waals surface area contributed by atoms with Crippen molar-refractivity contribution in [1.29, 1.82) is 5.26 Å². The SMILES string of the molecule is N#Cc1cc(NC2CCN(Cc3ccccc3)C2)ncn1. The fourth-order valence-electron chi connectivity index (χ4n) is 2.64. The summed E-state index contributed by atoms with van der Waals surface area (Å²) in [4.78, 5) is 10.5. The van der Waals surface area contributed by atoms with Gasteiger partial charge in [0, 0.05) is 31.7 Å². The molecule has 0 saturated carbocycles. The Bertz CT molecular complexity index is 635. The van der Waals surface area contributed by atoms with Crippen molar-refractivity contribution in [1.82, 2.24) is 14.9 Å². The third kappa shape index (κ3) is 3.56. The molecule has 1 saturated heterocycles. The van der Waals surface area contributed by atoms with Crippen molar-refractivity contribution in [3.05, 3.63) is 54.0 Å². The average Bonchev–Trinajstić information content (AvgIpc) is 2.95. The zero-order valence-electron chi connectivity index (χ0n) is 11.7. The maximum atomic E-state index is 8.85. The van der Waals surface area contributed by atoms with Crippen LogP contribution in [0.15, 0.2) is 42.7 Å². The van der Waals surface area contributed by atoms with E-state index in [-0.39, 0.29) is 0 Å². The van der Waals surface area contributed by atoms with Crippen LogP contribution in [-0.2, 0) is 6.54 Å². The molecule has 0 bridgehead atoms. The number of nitrogens with zero attached hydrogens (tertiary/aromatic N) is 4. The summed E-state index contributed by atoms with van der Waals surface area (Å²) in [6.07, 6.45) is 2.51. The number of nitriles is 1. The summed E-state index contributed by atoms with van der Waals surface area (Å²) < 4.78 is 0. The Kier molecular flexibility index (Phi) is 4.08. The number of likely N-dealkylation sites (tertiary alicyclic amines) is 1. The Morgan fingerprint density at radius 1 is 1.29 bits per heavy atom. The molecule has 1 aliphatic heterocycles. The molecular formula is C16H17N5. The molecule has 1 N–H and O–H groups in total. The van der Waals surface area contributed by atoms with Gasteiger partial charge in [0.2, 0.25) is 0 Å². The van der Waals surface area contributed by atoms with Crippen molar-refractivity contribution in [2.24, 2.45) is 0 Å². The number of hydrogen-bond acceptors (Lipinski definition) is 5. The van der Waals surface area contributed by atoms with Crippen LogP contribution in [0.2, 0.25) is 0 Å². The summed E-state index contributed by atoms with van der Waals surface area (Å²) in [6.45, 7) is 3.04. The second kappa shape index (κ2) is 6.33. The molecule has 0 aliphatic carbocycles. The molecule has 1 fully saturated rings. The van der Waals surface area contributed by atoms with Crippen LogP contribution >= 0.6 is 0 Å². The van der Waals surface area contributed by atoms with Crippen LogP contribution < -0.4 is 5.32 Å². The lowest BCUT2D eigenvalue weighted by Gasteiger charge is -2.17. The van der Waals surface area contributed by atoms with E-state index >= 15 is 0 Å². The Labute approximate surface area is 124 Å². The number of benzene rings is 1.